The summed E-state index contributed by atoms with van der Waals surface area (Å²) in [4.78, 5) is 15.2. The monoisotopic (exact) mass is 281 g/mol. The van der Waals surface area contributed by atoms with E-state index in [1.807, 2.05) is 6.07 Å². The van der Waals surface area contributed by atoms with Crippen LogP contribution in [0.25, 0.3) is 16.7 Å². The smallest absolute Gasteiger partial charge is 0.337 e. The summed E-state index contributed by atoms with van der Waals surface area (Å²) < 4.78 is 15.2. The molecule has 6 heteroatoms. The van der Waals surface area contributed by atoms with Crippen molar-refractivity contribution >= 4 is 17.0 Å². The number of carboxylic acids is 1. The first-order valence-electron chi connectivity index (χ1n) is 6.02. The molecule has 0 amide bonds. The lowest BCUT2D eigenvalue weighted by Crippen LogP contribution is -2.00. The highest BCUT2D eigenvalue weighted by atomic mass is 19.1. The SMILES string of the molecule is N#Cc1c(F)cccc1-n1cnc2c(C(=O)O)cccc21. The van der Waals surface area contributed by atoms with E-state index >= 15 is 0 Å². The van der Waals surface area contributed by atoms with Crippen LogP contribution in [0.1, 0.15) is 15.9 Å². The third kappa shape index (κ3) is 1.92. The van der Waals surface area contributed by atoms with Crippen LogP contribution in [-0.4, -0.2) is 20.6 Å². The van der Waals surface area contributed by atoms with Crippen LogP contribution < -0.4 is 0 Å². The quantitative estimate of drug-likeness (QED) is 0.783. The number of nitriles is 1. The first-order valence-corrected chi connectivity index (χ1v) is 6.02. The summed E-state index contributed by atoms with van der Waals surface area (Å²) in [6.07, 6.45) is 1.38. The summed E-state index contributed by atoms with van der Waals surface area (Å²) in [7, 11) is 0. The van der Waals surface area contributed by atoms with Crippen LogP contribution in [0.15, 0.2) is 42.7 Å². The number of hydrogen-bond acceptors (Lipinski definition) is 3. The van der Waals surface area contributed by atoms with Gasteiger partial charge >= 0.3 is 5.97 Å². The molecular weight excluding hydrogens is 273 g/mol. The number of imidazole rings is 1. The topological polar surface area (TPSA) is 78.9 Å². The minimum atomic E-state index is -1.09. The first kappa shape index (κ1) is 12.8. The van der Waals surface area contributed by atoms with Gasteiger partial charge in [-0.15, -0.1) is 0 Å². The molecule has 102 valence electrons. The van der Waals surface area contributed by atoms with Crippen LogP contribution >= 0.6 is 0 Å². The molecule has 1 heterocycles. The van der Waals surface area contributed by atoms with Crippen molar-refractivity contribution in [1.29, 1.82) is 5.26 Å². The summed E-state index contributed by atoms with van der Waals surface area (Å²) in [5.41, 5.74) is 1.05. The lowest BCUT2D eigenvalue weighted by atomic mass is 10.1. The molecule has 0 radical (unpaired) electrons. The zero-order chi connectivity index (χ0) is 15.0. The highest BCUT2D eigenvalue weighted by Gasteiger charge is 2.16. The van der Waals surface area contributed by atoms with Gasteiger partial charge in [0.1, 0.15) is 29.3 Å². The van der Waals surface area contributed by atoms with Crippen LogP contribution in [0, 0.1) is 17.1 Å². The molecule has 0 aliphatic carbocycles. The highest BCUT2D eigenvalue weighted by Crippen LogP contribution is 2.24. The van der Waals surface area contributed by atoms with Crippen LogP contribution in [0.4, 0.5) is 4.39 Å². The summed E-state index contributed by atoms with van der Waals surface area (Å²) in [6, 6.07) is 10.8. The molecule has 0 unspecified atom stereocenters. The van der Waals surface area contributed by atoms with Crippen LogP contribution in [-0.2, 0) is 0 Å². The standard InChI is InChI=1S/C15H8FN3O2/c16-11-4-2-5-12(10(11)7-17)19-8-18-14-9(15(20)21)3-1-6-13(14)19/h1-6,8H,(H,20,21). The maximum absolute atomic E-state index is 13.7. The maximum atomic E-state index is 13.7. The van der Waals surface area contributed by atoms with E-state index in [1.54, 1.807) is 18.2 Å². The van der Waals surface area contributed by atoms with Gasteiger partial charge in [0.05, 0.1) is 16.8 Å². The Hall–Kier alpha value is -3.20. The number of para-hydroxylation sites is 1. The molecule has 3 aromatic rings. The molecular formula is C15H8FN3O2. The minimum Gasteiger partial charge on any atom is -0.478 e. The Morgan fingerprint density at radius 3 is 2.76 bits per heavy atom. The molecule has 0 fully saturated rings. The van der Waals surface area contributed by atoms with Crippen molar-refractivity contribution in [3.05, 3.63) is 59.7 Å². The molecule has 0 saturated carbocycles. The van der Waals surface area contributed by atoms with Gasteiger partial charge in [0.15, 0.2) is 0 Å². The molecule has 0 aliphatic heterocycles. The average Bonchev–Trinajstić information content (AvgIpc) is 2.90. The fourth-order valence-electron chi connectivity index (χ4n) is 2.23. The average molecular weight is 281 g/mol. The van der Waals surface area contributed by atoms with E-state index < -0.39 is 11.8 Å². The van der Waals surface area contributed by atoms with Gasteiger partial charge in [-0.05, 0) is 24.3 Å². The lowest BCUT2D eigenvalue weighted by molar-refractivity contribution is 0.0699. The number of aromatic nitrogens is 2. The van der Waals surface area contributed by atoms with Crippen molar-refractivity contribution < 1.29 is 14.3 Å². The number of nitrogens with zero attached hydrogens (tertiary/aromatic N) is 3. The number of rotatable bonds is 2. The van der Waals surface area contributed by atoms with E-state index in [-0.39, 0.29) is 16.6 Å². The lowest BCUT2D eigenvalue weighted by Gasteiger charge is -2.07. The van der Waals surface area contributed by atoms with Crippen molar-refractivity contribution in [2.24, 2.45) is 0 Å². The zero-order valence-electron chi connectivity index (χ0n) is 10.6. The fraction of sp³-hybridized carbons (Fsp3) is 0. The summed E-state index contributed by atoms with van der Waals surface area (Å²) in [5, 5.41) is 18.2. The van der Waals surface area contributed by atoms with Gasteiger partial charge < -0.3 is 5.11 Å². The number of aromatic carboxylic acids is 1. The van der Waals surface area contributed by atoms with Gasteiger partial charge in [-0.1, -0.05) is 12.1 Å². The van der Waals surface area contributed by atoms with E-state index in [9.17, 15) is 9.18 Å². The molecule has 0 aliphatic rings. The predicted octanol–water partition coefficient (Wildman–Crippen LogP) is 2.73. The van der Waals surface area contributed by atoms with E-state index in [0.29, 0.717) is 11.2 Å². The second kappa shape index (κ2) is 4.72. The van der Waals surface area contributed by atoms with Crippen molar-refractivity contribution in [3.63, 3.8) is 0 Å². The highest BCUT2D eigenvalue weighted by molar-refractivity contribution is 6.01. The van der Waals surface area contributed by atoms with Crippen LogP contribution in [0.2, 0.25) is 0 Å². The van der Waals surface area contributed by atoms with Gasteiger partial charge in [0.2, 0.25) is 0 Å². The number of hydrogen-bond donors (Lipinski definition) is 1. The van der Waals surface area contributed by atoms with Gasteiger partial charge in [0, 0.05) is 0 Å². The third-order valence-corrected chi connectivity index (χ3v) is 3.17. The summed E-state index contributed by atoms with van der Waals surface area (Å²) in [5.74, 6) is -1.73. The second-order valence-electron chi connectivity index (χ2n) is 4.34. The van der Waals surface area contributed by atoms with Gasteiger partial charge in [-0.2, -0.15) is 5.26 Å². The van der Waals surface area contributed by atoms with Gasteiger partial charge in [-0.3, -0.25) is 4.57 Å². The molecule has 0 saturated heterocycles. The Morgan fingerprint density at radius 2 is 2.05 bits per heavy atom. The van der Waals surface area contributed by atoms with Crippen LogP contribution in [0.5, 0.6) is 0 Å². The minimum absolute atomic E-state index is 0.0566. The largest absolute Gasteiger partial charge is 0.478 e. The van der Waals surface area contributed by atoms with E-state index in [2.05, 4.69) is 4.98 Å². The zero-order valence-corrected chi connectivity index (χ0v) is 10.6. The van der Waals surface area contributed by atoms with Crippen molar-refractivity contribution in [2.75, 3.05) is 0 Å². The van der Waals surface area contributed by atoms with Crippen molar-refractivity contribution in [3.8, 4) is 11.8 Å². The second-order valence-corrected chi connectivity index (χ2v) is 4.34. The summed E-state index contributed by atoms with van der Waals surface area (Å²) in [6.45, 7) is 0. The predicted molar refractivity (Wildman–Crippen MR) is 72.7 cm³/mol. The number of carbonyl (C=O) groups is 1. The number of carboxylic acid groups (broad SMARTS) is 1. The molecule has 1 N–H and O–H groups in total. The van der Waals surface area contributed by atoms with Gasteiger partial charge in [-0.25, -0.2) is 14.2 Å². The molecule has 5 nitrogen and oxygen atoms in total. The molecule has 0 bridgehead atoms. The third-order valence-electron chi connectivity index (χ3n) is 3.17. The van der Waals surface area contributed by atoms with Gasteiger partial charge in [0.25, 0.3) is 0 Å². The molecule has 3 rings (SSSR count). The molecule has 21 heavy (non-hydrogen) atoms. The summed E-state index contributed by atoms with van der Waals surface area (Å²) >= 11 is 0. The Balaban J connectivity index is 2.34. The molecule has 0 atom stereocenters. The number of halogens is 1. The Kier molecular flexibility index (Phi) is 2.88. The Morgan fingerprint density at radius 1 is 1.29 bits per heavy atom. The van der Waals surface area contributed by atoms with Crippen molar-refractivity contribution in [2.45, 2.75) is 0 Å². The van der Waals surface area contributed by atoms with E-state index in [4.69, 9.17) is 10.4 Å². The fourth-order valence-corrected chi connectivity index (χ4v) is 2.23. The Labute approximate surface area is 118 Å². The molecule has 0 spiro atoms. The normalized spacial score (nSPS) is 10.5. The molecule has 2 aromatic carbocycles. The number of benzene rings is 2. The van der Waals surface area contributed by atoms with Crippen molar-refractivity contribution in [1.82, 2.24) is 9.55 Å². The maximum Gasteiger partial charge on any atom is 0.337 e. The first-order chi connectivity index (χ1) is 10.1. The Bertz CT molecular complexity index is 909. The van der Waals surface area contributed by atoms with E-state index in [1.165, 1.54) is 29.1 Å². The number of fused-ring (bicyclic) bond motifs is 1. The molecule has 1 aromatic heterocycles. The van der Waals surface area contributed by atoms with Crippen LogP contribution in [0.3, 0.4) is 0 Å². The van der Waals surface area contributed by atoms with E-state index in [0.717, 1.165) is 0 Å².